The Morgan fingerprint density at radius 2 is 1.77 bits per heavy atom. The number of fused-ring (bicyclic) bond motifs is 1. The molecular weight excluding hydrogens is 392 g/mol. The molecule has 1 fully saturated rings. The predicted molar refractivity (Wildman–Crippen MR) is 118 cm³/mol. The summed E-state index contributed by atoms with van der Waals surface area (Å²) in [5.74, 6) is -0.757. The van der Waals surface area contributed by atoms with Crippen molar-refractivity contribution in [3.63, 3.8) is 0 Å². The number of nitrogens with zero attached hydrogens (tertiary/aromatic N) is 2. The zero-order chi connectivity index (χ0) is 22.4. The van der Waals surface area contributed by atoms with Crippen molar-refractivity contribution < 1.29 is 14.3 Å². The molecule has 2 aromatic heterocycles. The van der Waals surface area contributed by atoms with Gasteiger partial charge in [0.05, 0.1) is 5.56 Å². The zero-order valence-corrected chi connectivity index (χ0v) is 18.3. The summed E-state index contributed by atoms with van der Waals surface area (Å²) in [6.07, 6.45) is 4.42. The first kappa shape index (κ1) is 20.9. The number of hydrogen-bond acceptors (Lipinski definition) is 5. The lowest BCUT2D eigenvalue weighted by molar-refractivity contribution is 0.100. The van der Waals surface area contributed by atoms with E-state index in [2.05, 4.69) is 0 Å². The normalized spacial score (nSPS) is 14.7. The van der Waals surface area contributed by atoms with E-state index < -0.39 is 11.3 Å². The standard InChI is InChI=1S/C25H26N2O4/c1-13-10-11-18-16(4)23(31-22(18)14(13)2)21(28)20-15(3)19(12-26)24(29)27(25(20)30)17-8-6-5-7-9-17/h10-11,17,30H,5-9H2,1-4H3. The van der Waals surface area contributed by atoms with E-state index in [-0.39, 0.29) is 34.4 Å². The minimum atomic E-state index is -0.534. The molecule has 4 rings (SSSR count). The molecule has 0 radical (unpaired) electrons. The van der Waals surface area contributed by atoms with Crippen LogP contribution in [0.4, 0.5) is 0 Å². The number of carbonyl (C=O) groups is 1. The number of nitriles is 1. The lowest BCUT2D eigenvalue weighted by Gasteiger charge is -2.26. The van der Waals surface area contributed by atoms with Crippen LogP contribution in [0.2, 0.25) is 0 Å². The van der Waals surface area contributed by atoms with Gasteiger partial charge in [-0.2, -0.15) is 5.26 Å². The van der Waals surface area contributed by atoms with Crippen molar-refractivity contribution in [1.82, 2.24) is 4.57 Å². The van der Waals surface area contributed by atoms with Crippen LogP contribution in [0.3, 0.4) is 0 Å². The fourth-order valence-corrected chi connectivity index (χ4v) is 4.72. The Bertz CT molecular complexity index is 1310. The van der Waals surface area contributed by atoms with Crippen molar-refractivity contribution in [3.05, 3.63) is 61.6 Å². The first-order valence-electron chi connectivity index (χ1n) is 10.7. The van der Waals surface area contributed by atoms with Gasteiger partial charge in [-0.25, -0.2) is 0 Å². The fraction of sp³-hybridized carbons (Fsp3) is 0.400. The van der Waals surface area contributed by atoms with Gasteiger partial charge in [0.25, 0.3) is 5.56 Å². The number of aromatic nitrogens is 1. The minimum Gasteiger partial charge on any atom is -0.494 e. The van der Waals surface area contributed by atoms with E-state index in [1.54, 1.807) is 0 Å². The second-order valence-corrected chi connectivity index (χ2v) is 8.55. The van der Waals surface area contributed by atoms with Gasteiger partial charge < -0.3 is 9.52 Å². The Hall–Kier alpha value is -3.33. The number of ketones is 1. The van der Waals surface area contributed by atoms with Gasteiger partial charge in [-0.05, 0) is 57.2 Å². The van der Waals surface area contributed by atoms with Crippen LogP contribution >= 0.6 is 0 Å². The largest absolute Gasteiger partial charge is 0.494 e. The molecule has 0 atom stereocenters. The molecule has 1 aliphatic carbocycles. The minimum absolute atomic E-state index is 0.0294. The molecule has 0 unspecified atom stereocenters. The number of aryl methyl sites for hydroxylation is 3. The van der Waals surface area contributed by atoms with Crippen LogP contribution in [0, 0.1) is 39.0 Å². The first-order valence-corrected chi connectivity index (χ1v) is 10.7. The van der Waals surface area contributed by atoms with Crippen molar-refractivity contribution in [2.24, 2.45) is 0 Å². The second kappa shape index (κ2) is 7.73. The third-order valence-electron chi connectivity index (χ3n) is 6.74. The molecule has 160 valence electrons. The van der Waals surface area contributed by atoms with Crippen LogP contribution in [0.25, 0.3) is 11.0 Å². The number of rotatable bonds is 3. The van der Waals surface area contributed by atoms with E-state index in [9.17, 15) is 20.0 Å². The van der Waals surface area contributed by atoms with Gasteiger partial charge in [0.2, 0.25) is 11.7 Å². The van der Waals surface area contributed by atoms with Crippen LogP contribution in [0.15, 0.2) is 21.3 Å². The summed E-state index contributed by atoms with van der Waals surface area (Å²) in [5, 5.41) is 21.6. The summed E-state index contributed by atoms with van der Waals surface area (Å²) in [6, 6.07) is 5.63. The van der Waals surface area contributed by atoms with Crippen molar-refractivity contribution in [3.8, 4) is 11.9 Å². The highest BCUT2D eigenvalue weighted by Gasteiger charge is 2.31. The quantitative estimate of drug-likeness (QED) is 0.594. The number of pyridine rings is 1. The SMILES string of the molecule is Cc1ccc2c(C)c(C(=O)c3c(C)c(C#N)c(=O)n(C4CCCCC4)c3O)oc2c1C. The monoisotopic (exact) mass is 418 g/mol. The van der Waals surface area contributed by atoms with E-state index in [4.69, 9.17) is 4.42 Å². The molecule has 0 saturated heterocycles. The number of carbonyl (C=O) groups excluding carboxylic acids is 1. The summed E-state index contributed by atoms with van der Waals surface area (Å²) < 4.78 is 7.25. The molecule has 6 nitrogen and oxygen atoms in total. The van der Waals surface area contributed by atoms with Gasteiger partial charge in [-0.15, -0.1) is 0 Å². The smallest absolute Gasteiger partial charge is 0.271 e. The van der Waals surface area contributed by atoms with E-state index in [1.165, 1.54) is 11.5 Å². The van der Waals surface area contributed by atoms with Crippen LogP contribution in [0.1, 0.15) is 82.1 Å². The molecule has 0 aliphatic heterocycles. The van der Waals surface area contributed by atoms with Crippen molar-refractivity contribution in [2.45, 2.75) is 65.8 Å². The van der Waals surface area contributed by atoms with E-state index in [0.717, 1.165) is 48.6 Å². The van der Waals surface area contributed by atoms with Crippen molar-refractivity contribution >= 4 is 16.8 Å². The maximum absolute atomic E-state index is 13.6. The lowest BCUT2D eigenvalue weighted by Crippen LogP contribution is -2.31. The number of benzene rings is 1. The molecule has 2 heterocycles. The molecule has 3 aromatic rings. The summed E-state index contributed by atoms with van der Waals surface area (Å²) >= 11 is 0. The molecule has 1 aromatic carbocycles. The summed E-state index contributed by atoms with van der Waals surface area (Å²) in [5.41, 5.74) is 2.84. The summed E-state index contributed by atoms with van der Waals surface area (Å²) in [4.78, 5) is 26.6. The molecule has 6 heteroatoms. The highest BCUT2D eigenvalue weighted by Crippen LogP contribution is 2.36. The van der Waals surface area contributed by atoms with E-state index in [1.807, 2.05) is 39.0 Å². The molecule has 1 aliphatic rings. The topological polar surface area (TPSA) is 96.2 Å². The molecular formula is C25H26N2O4. The Balaban J connectivity index is 1.96. The third kappa shape index (κ3) is 3.16. The van der Waals surface area contributed by atoms with Gasteiger partial charge in [-0.1, -0.05) is 31.4 Å². The Morgan fingerprint density at radius 1 is 1.10 bits per heavy atom. The molecule has 0 amide bonds. The third-order valence-corrected chi connectivity index (χ3v) is 6.74. The van der Waals surface area contributed by atoms with Crippen LogP contribution in [-0.4, -0.2) is 15.5 Å². The van der Waals surface area contributed by atoms with E-state index in [0.29, 0.717) is 11.1 Å². The highest BCUT2D eigenvalue weighted by molar-refractivity contribution is 6.13. The van der Waals surface area contributed by atoms with Crippen molar-refractivity contribution in [1.29, 1.82) is 5.26 Å². The first-order chi connectivity index (χ1) is 14.8. The van der Waals surface area contributed by atoms with Crippen molar-refractivity contribution in [2.75, 3.05) is 0 Å². The number of hydrogen-bond donors (Lipinski definition) is 1. The van der Waals surface area contributed by atoms with Crippen LogP contribution in [0.5, 0.6) is 5.88 Å². The molecule has 0 spiro atoms. The Labute approximate surface area is 180 Å². The molecule has 1 N–H and O–H groups in total. The van der Waals surface area contributed by atoms with Gasteiger partial charge in [-0.3, -0.25) is 14.2 Å². The average molecular weight is 418 g/mol. The second-order valence-electron chi connectivity index (χ2n) is 8.55. The summed E-state index contributed by atoms with van der Waals surface area (Å²) in [7, 11) is 0. The van der Waals surface area contributed by atoms with E-state index >= 15 is 0 Å². The maximum Gasteiger partial charge on any atom is 0.271 e. The molecule has 1 saturated carbocycles. The zero-order valence-electron chi connectivity index (χ0n) is 18.3. The Morgan fingerprint density at radius 3 is 2.42 bits per heavy atom. The number of aromatic hydroxyl groups is 1. The van der Waals surface area contributed by atoms with Gasteiger partial charge in [0.1, 0.15) is 17.2 Å². The fourth-order valence-electron chi connectivity index (χ4n) is 4.72. The Kier molecular flexibility index (Phi) is 5.22. The van der Waals surface area contributed by atoms with Gasteiger partial charge in [0, 0.05) is 17.0 Å². The van der Waals surface area contributed by atoms with Gasteiger partial charge in [0.15, 0.2) is 5.76 Å². The average Bonchev–Trinajstić information content (AvgIpc) is 3.09. The summed E-state index contributed by atoms with van der Waals surface area (Å²) in [6.45, 7) is 7.26. The number of furan rings is 1. The van der Waals surface area contributed by atoms with Crippen LogP contribution < -0.4 is 5.56 Å². The molecule has 31 heavy (non-hydrogen) atoms. The predicted octanol–water partition coefficient (Wildman–Crippen LogP) is 5.14. The highest BCUT2D eigenvalue weighted by atomic mass is 16.3. The molecule has 0 bridgehead atoms. The van der Waals surface area contributed by atoms with Crippen LogP contribution in [-0.2, 0) is 0 Å². The van der Waals surface area contributed by atoms with Gasteiger partial charge >= 0.3 is 0 Å². The maximum atomic E-state index is 13.6. The lowest BCUT2D eigenvalue weighted by atomic mass is 9.93.